The molecule has 0 amide bonds. The predicted molar refractivity (Wildman–Crippen MR) is 114 cm³/mol. The first-order valence-electron chi connectivity index (χ1n) is 9.56. The van der Waals surface area contributed by atoms with Crippen molar-refractivity contribution in [3.05, 3.63) is 102 Å². The molecule has 0 aliphatic carbocycles. The molecule has 0 spiro atoms. The normalized spacial score (nSPS) is 10.1. The van der Waals surface area contributed by atoms with E-state index in [1.54, 1.807) is 24.3 Å². The number of rotatable bonds is 7. The number of carbonyl (C=O) groups is 3. The lowest BCUT2D eigenvalue weighted by Gasteiger charge is -2.08. The van der Waals surface area contributed by atoms with Gasteiger partial charge >= 0.3 is 17.9 Å². The van der Waals surface area contributed by atoms with E-state index < -0.39 is 17.9 Å². The monoisotopic (exact) mass is 416 g/mol. The third-order valence-corrected chi connectivity index (χ3v) is 4.32. The van der Waals surface area contributed by atoms with Gasteiger partial charge in [0.1, 0.15) is 17.2 Å². The number of esters is 3. The second-order valence-electron chi connectivity index (χ2n) is 6.45. The average Bonchev–Trinajstić information content (AvgIpc) is 2.80. The molecule has 6 nitrogen and oxygen atoms in total. The second-order valence-corrected chi connectivity index (χ2v) is 6.45. The minimum absolute atomic E-state index is 0.282. The first-order valence-corrected chi connectivity index (χ1v) is 9.56. The maximum absolute atomic E-state index is 12.3. The Kier molecular flexibility index (Phi) is 6.96. The predicted octanol–water partition coefficient (Wildman–Crippen LogP) is 4.78. The van der Waals surface area contributed by atoms with Crippen molar-refractivity contribution < 1.29 is 28.6 Å². The summed E-state index contributed by atoms with van der Waals surface area (Å²) in [6.45, 7) is 5.36. The molecule has 0 aliphatic heterocycles. The molecule has 0 heterocycles. The van der Waals surface area contributed by atoms with Gasteiger partial charge in [0.15, 0.2) is 0 Å². The highest BCUT2D eigenvalue weighted by Crippen LogP contribution is 2.21. The zero-order valence-corrected chi connectivity index (χ0v) is 16.9. The molecule has 0 saturated carbocycles. The molecular formula is C25H20O6. The molecule has 3 aromatic rings. The van der Waals surface area contributed by atoms with Crippen molar-refractivity contribution in [1.29, 1.82) is 0 Å². The maximum Gasteiger partial charge on any atom is 0.343 e. The van der Waals surface area contributed by atoms with Crippen molar-refractivity contribution in [1.82, 2.24) is 0 Å². The van der Waals surface area contributed by atoms with Crippen LogP contribution in [-0.2, 0) is 11.2 Å². The lowest BCUT2D eigenvalue weighted by Crippen LogP contribution is -2.10. The van der Waals surface area contributed by atoms with Crippen LogP contribution in [0, 0.1) is 0 Å². The van der Waals surface area contributed by atoms with Crippen LogP contribution in [0.5, 0.6) is 17.2 Å². The van der Waals surface area contributed by atoms with Gasteiger partial charge in [0.25, 0.3) is 0 Å². The molecule has 0 fully saturated rings. The van der Waals surface area contributed by atoms with Gasteiger partial charge in [0.2, 0.25) is 0 Å². The van der Waals surface area contributed by atoms with Crippen molar-refractivity contribution in [2.45, 2.75) is 13.3 Å². The van der Waals surface area contributed by atoms with Crippen LogP contribution < -0.4 is 14.2 Å². The molecule has 0 bridgehead atoms. The molecule has 156 valence electrons. The Morgan fingerprint density at radius 3 is 1.48 bits per heavy atom. The zero-order valence-electron chi connectivity index (χ0n) is 16.9. The standard InChI is InChI=1S/C25H20O6/c1-3-17-5-7-18(8-6-17)24(27)30-21-13-15-22(16-14-21)31-25(28)19-9-11-20(12-10-19)29-23(26)4-2/h4-16H,2-3H2,1H3. The third kappa shape index (κ3) is 5.90. The number of ether oxygens (including phenoxy) is 3. The highest BCUT2D eigenvalue weighted by molar-refractivity contribution is 5.92. The minimum Gasteiger partial charge on any atom is -0.423 e. The maximum atomic E-state index is 12.3. The first-order chi connectivity index (χ1) is 15.0. The van der Waals surface area contributed by atoms with Crippen LogP contribution in [-0.4, -0.2) is 17.9 Å². The van der Waals surface area contributed by atoms with Crippen molar-refractivity contribution in [2.75, 3.05) is 0 Å². The van der Waals surface area contributed by atoms with Crippen LogP contribution in [0.25, 0.3) is 0 Å². The van der Waals surface area contributed by atoms with Gasteiger partial charge in [-0.1, -0.05) is 25.6 Å². The lowest BCUT2D eigenvalue weighted by molar-refractivity contribution is -0.128. The molecule has 0 saturated heterocycles. The zero-order chi connectivity index (χ0) is 22.2. The van der Waals surface area contributed by atoms with E-state index in [0.717, 1.165) is 18.1 Å². The van der Waals surface area contributed by atoms with Gasteiger partial charge < -0.3 is 14.2 Å². The fourth-order valence-electron chi connectivity index (χ4n) is 2.60. The average molecular weight is 416 g/mol. The fourth-order valence-corrected chi connectivity index (χ4v) is 2.60. The van der Waals surface area contributed by atoms with Gasteiger partial charge in [0.05, 0.1) is 11.1 Å². The summed E-state index contributed by atoms with van der Waals surface area (Å²) in [5.41, 5.74) is 1.87. The molecule has 0 aliphatic rings. The van der Waals surface area contributed by atoms with E-state index in [2.05, 4.69) is 6.58 Å². The Bertz CT molecular complexity index is 1080. The van der Waals surface area contributed by atoms with Crippen molar-refractivity contribution in [3.8, 4) is 17.2 Å². The molecule has 0 unspecified atom stereocenters. The Labute approximate surface area is 179 Å². The van der Waals surface area contributed by atoms with Crippen LogP contribution in [0.4, 0.5) is 0 Å². The Balaban J connectivity index is 1.58. The van der Waals surface area contributed by atoms with E-state index in [-0.39, 0.29) is 11.3 Å². The van der Waals surface area contributed by atoms with Gasteiger partial charge in [0, 0.05) is 6.08 Å². The third-order valence-electron chi connectivity index (χ3n) is 4.32. The number of carbonyl (C=O) groups excluding carboxylic acids is 3. The van der Waals surface area contributed by atoms with Crippen LogP contribution in [0.15, 0.2) is 85.5 Å². The summed E-state index contributed by atoms with van der Waals surface area (Å²) >= 11 is 0. The van der Waals surface area contributed by atoms with Gasteiger partial charge in [-0.3, -0.25) is 0 Å². The number of hydrogen-bond donors (Lipinski definition) is 0. The Morgan fingerprint density at radius 1 is 0.677 bits per heavy atom. The van der Waals surface area contributed by atoms with Crippen LogP contribution in [0.1, 0.15) is 33.2 Å². The second kappa shape index (κ2) is 10.0. The molecule has 6 heteroatoms. The van der Waals surface area contributed by atoms with Crippen LogP contribution >= 0.6 is 0 Å². The summed E-state index contributed by atoms with van der Waals surface area (Å²) in [4.78, 5) is 35.7. The first kappa shape index (κ1) is 21.5. The molecule has 3 rings (SSSR count). The SMILES string of the molecule is C=CC(=O)Oc1ccc(C(=O)Oc2ccc(OC(=O)c3ccc(CC)cc3)cc2)cc1. The van der Waals surface area contributed by atoms with E-state index in [1.807, 2.05) is 19.1 Å². The summed E-state index contributed by atoms with van der Waals surface area (Å²) in [5.74, 6) is -0.727. The van der Waals surface area contributed by atoms with Crippen LogP contribution in [0.3, 0.4) is 0 Å². The van der Waals surface area contributed by atoms with Crippen LogP contribution in [0.2, 0.25) is 0 Å². The fraction of sp³-hybridized carbons (Fsp3) is 0.0800. The van der Waals surface area contributed by atoms with Gasteiger partial charge in [-0.25, -0.2) is 14.4 Å². The summed E-state index contributed by atoms with van der Waals surface area (Å²) in [5, 5.41) is 0. The minimum atomic E-state index is -0.589. The molecule has 31 heavy (non-hydrogen) atoms. The molecular weight excluding hydrogens is 396 g/mol. The number of aryl methyl sites for hydroxylation is 1. The highest BCUT2D eigenvalue weighted by Gasteiger charge is 2.11. The molecule has 0 N–H and O–H groups in total. The highest BCUT2D eigenvalue weighted by atomic mass is 16.5. The topological polar surface area (TPSA) is 78.9 Å². The summed E-state index contributed by atoms with van der Waals surface area (Å²) in [6.07, 6.45) is 1.94. The van der Waals surface area contributed by atoms with E-state index in [4.69, 9.17) is 14.2 Å². The van der Waals surface area contributed by atoms with E-state index in [0.29, 0.717) is 17.1 Å². The Morgan fingerprint density at radius 2 is 1.06 bits per heavy atom. The number of hydrogen-bond acceptors (Lipinski definition) is 6. The van der Waals surface area contributed by atoms with Crippen molar-refractivity contribution in [3.63, 3.8) is 0 Å². The van der Waals surface area contributed by atoms with Gasteiger partial charge in [-0.05, 0) is 72.6 Å². The van der Waals surface area contributed by atoms with Gasteiger partial charge in [-0.15, -0.1) is 0 Å². The molecule has 0 radical (unpaired) electrons. The molecule has 3 aromatic carbocycles. The van der Waals surface area contributed by atoms with E-state index in [1.165, 1.54) is 36.4 Å². The largest absolute Gasteiger partial charge is 0.423 e. The lowest BCUT2D eigenvalue weighted by atomic mass is 10.1. The van der Waals surface area contributed by atoms with E-state index >= 15 is 0 Å². The quantitative estimate of drug-likeness (QED) is 0.313. The van der Waals surface area contributed by atoms with E-state index in [9.17, 15) is 14.4 Å². The van der Waals surface area contributed by atoms with Gasteiger partial charge in [-0.2, -0.15) is 0 Å². The van der Waals surface area contributed by atoms with Crippen molar-refractivity contribution >= 4 is 17.9 Å². The number of benzene rings is 3. The molecule has 0 aromatic heterocycles. The smallest absolute Gasteiger partial charge is 0.343 e. The molecule has 0 atom stereocenters. The summed E-state index contributed by atoms with van der Waals surface area (Å²) in [7, 11) is 0. The summed E-state index contributed by atoms with van der Waals surface area (Å²) < 4.78 is 15.6. The Hall–Kier alpha value is -4.19. The van der Waals surface area contributed by atoms with Crippen molar-refractivity contribution in [2.24, 2.45) is 0 Å². The summed E-state index contributed by atoms with van der Waals surface area (Å²) in [6, 6.07) is 19.3.